The normalized spacial score (nSPS) is 16.8. The molecule has 24 heavy (non-hydrogen) atoms. The van der Waals surface area contributed by atoms with Gasteiger partial charge in [0, 0.05) is 26.2 Å². The zero-order valence-corrected chi connectivity index (χ0v) is 15.7. The Morgan fingerprint density at radius 1 is 1.12 bits per heavy atom. The highest BCUT2D eigenvalue weighted by atomic mass is 16.6. The molecule has 5 heteroatoms. The first-order valence-corrected chi connectivity index (χ1v) is 8.78. The van der Waals surface area contributed by atoms with Gasteiger partial charge in [0.15, 0.2) is 0 Å². The fraction of sp³-hybridized carbons (Fsp3) is 0.632. The van der Waals surface area contributed by atoms with Crippen LogP contribution in [0.3, 0.4) is 0 Å². The van der Waals surface area contributed by atoms with E-state index >= 15 is 0 Å². The summed E-state index contributed by atoms with van der Waals surface area (Å²) < 4.78 is 5.40. The Labute approximate surface area is 146 Å². The van der Waals surface area contributed by atoms with Gasteiger partial charge in [-0.15, -0.1) is 0 Å². The molecule has 0 spiro atoms. The van der Waals surface area contributed by atoms with Crippen LogP contribution in [-0.4, -0.2) is 59.4 Å². The van der Waals surface area contributed by atoms with Gasteiger partial charge in [-0.2, -0.15) is 0 Å². The second kappa shape index (κ2) is 9.64. The number of amides is 1. The zero-order chi connectivity index (χ0) is 18.2. The standard InChI is InChI=1S/C17H26N2O3.C2H6/c1-17(2,3)22-16(21)19-11-9-18(10-12-19)15(13-20)14-7-5-4-6-8-14;1-2/h4-8,15,20H,9-13H2,1-3H3;1-2H3/t15-;/m0./s1. The molecule has 1 saturated heterocycles. The van der Waals surface area contributed by atoms with Gasteiger partial charge in [0.1, 0.15) is 5.60 Å². The van der Waals surface area contributed by atoms with E-state index in [4.69, 9.17) is 4.74 Å². The van der Waals surface area contributed by atoms with Crippen molar-refractivity contribution in [3.8, 4) is 0 Å². The molecule has 1 atom stereocenters. The Balaban J connectivity index is 0.00000139. The van der Waals surface area contributed by atoms with Crippen LogP contribution in [0.25, 0.3) is 0 Å². The molecule has 1 N–H and O–H groups in total. The maximum atomic E-state index is 12.1. The Morgan fingerprint density at radius 2 is 1.67 bits per heavy atom. The van der Waals surface area contributed by atoms with Gasteiger partial charge in [0.25, 0.3) is 0 Å². The predicted octanol–water partition coefficient (Wildman–Crippen LogP) is 3.30. The quantitative estimate of drug-likeness (QED) is 0.920. The van der Waals surface area contributed by atoms with E-state index in [0.29, 0.717) is 13.1 Å². The Morgan fingerprint density at radius 3 is 2.12 bits per heavy atom. The summed E-state index contributed by atoms with van der Waals surface area (Å²) >= 11 is 0. The highest BCUT2D eigenvalue weighted by Gasteiger charge is 2.29. The van der Waals surface area contributed by atoms with Crippen LogP contribution in [0, 0.1) is 0 Å². The number of nitrogens with zero attached hydrogens (tertiary/aromatic N) is 2. The maximum Gasteiger partial charge on any atom is 0.410 e. The van der Waals surface area contributed by atoms with Crippen LogP contribution < -0.4 is 0 Å². The van der Waals surface area contributed by atoms with Crippen LogP contribution in [0.2, 0.25) is 0 Å². The first kappa shape index (κ1) is 20.5. The topological polar surface area (TPSA) is 53.0 Å². The van der Waals surface area contributed by atoms with Crippen LogP contribution in [-0.2, 0) is 4.74 Å². The van der Waals surface area contributed by atoms with E-state index < -0.39 is 5.60 Å². The third kappa shape index (κ3) is 6.13. The minimum atomic E-state index is -0.466. The van der Waals surface area contributed by atoms with Crippen molar-refractivity contribution in [1.82, 2.24) is 9.80 Å². The average molecular weight is 336 g/mol. The number of aliphatic hydroxyl groups is 1. The van der Waals surface area contributed by atoms with Crippen molar-refractivity contribution in [2.75, 3.05) is 32.8 Å². The van der Waals surface area contributed by atoms with Gasteiger partial charge in [-0.25, -0.2) is 4.79 Å². The lowest BCUT2D eigenvalue weighted by atomic mass is 10.1. The maximum absolute atomic E-state index is 12.1. The van der Waals surface area contributed by atoms with Crippen LogP contribution in [0.4, 0.5) is 4.79 Å². The van der Waals surface area contributed by atoms with Gasteiger partial charge >= 0.3 is 6.09 Å². The van der Waals surface area contributed by atoms with Crippen LogP contribution in [0.1, 0.15) is 46.2 Å². The second-order valence-electron chi connectivity index (χ2n) is 6.61. The first-order valence-electron chi connectivity index (χ1n) is 8.78. The summed E-state index contributed by atoms with van der Waals surface area (Å²) in [5, 5.41) is 9.71. The SMILES string of the molecule is CC.CC(C)(C)OC(=O)N1CCN([C@@H](CO)c2ccccc2)CC1. The van der Waals surface area contributed by atoms with Gasteiger partial charge in [0.2, 0.25) is 0 Å². The molecule has 0 saturated carbocycles. The molecular weight excluding hydrogens is 304 g/mol. The Hall–Kier alpha value is -1.59. The smallest absolute Gasteiger partial charge is 0.410 e. The summed E-state index contributed by atoms with van der Waals surface area (Å²) in [4.78, 5) is 16.0. The second-order valence-corrected chi connectivity index (χ2v) is 6.61. The van der Waals surface area contributed by atoms with E-state index in [2.05, 4.69) is 4.90 Å². The van der Waals surface area contributed by atoms with Crippen molar-refractivity contribution in [2.24, 2.45) is 0 Å². The molecule has 1 aliphatic heterocycles. The Kier molecular flexibility index (Phi) is 8.22. The van der Waals surface area contributed by atoms with E-state index in [1.165, 1.54) is 0 Å². The van der Waals surface area contributed by atoms with E-state index in [9.17, 15) is 9.90 Å². The number of carbonyl (C=O) groups is 1. The number of piperazine rings is 1. The molecule has 1 heterocycles. The molecule has 1 fully saturated rings. The fourth-order valence-electron chi connectivity index (χ4n) is 2.65. The van der Waals surface area contributed by atoms with Crippen LogP contribution in [0.15, 0.2) is 30.3 Å². The lowest BCUT2D eigenvalue weighted by molar-refractivity contribution is 0.00658. The van der Waals surface area contributed by atoms with Gasteiger partial charge in [-0.1, -0.05) is 44.2 Å². The van der Waals surface area contributed by atoms with Gasteiger partial charge < -0.3 is 14.7 Å². The zero-order valence-electron chi connectivity index (χ0n) is 15.7. The van der Waals surface area contributed by atoms with Crippen molar-refractivity contribution >= 4 is 6.09 Å². The van der Waals surface area contributed by atoms with Gasteiger partial charge in [-0.05, 0) is 26.3 Å². The molecular formula is C19H32N2O3. The van der Waals surface area contributed by atoms with Crippen molar-refractivity contribution in [1.29, 1.82) is 0 Å². The third-order valence-electron chi connectivity index (χ3n) is 3.76. The van der Waals surface area contributed by atoms with Gasteiger partial charge in [0.05, 0.1) is 12.6 Å². The summed E-state index contributed by atoms with van der Waals surface area (Å²) in [6, 6.07) is 9.98. The monoisotopic (exact) mass is 336 g/mol. The molecule has 2 rings (SSSR count). The van der Waals surface area contributed by atoms with Crippen molar-refractivity contribution in [2.45, 2.75) is 46.3 Å². The third-order valence-corrected chi connectivity index (χ3v) is 3.76. The van der Waals surface area contributed by atoms with Crippen molar-refractivity contribution in [3.63, 3.8) is 0 Å². The number of benzene rings is 1. The molecule has 1 aliphatic rings. The molecule has 0 radical (unpaired) electrons. The summed E-state index contributed by atoms with van der Waals surface area (Å²) in [5.74, 6) is 0. The fourth-order valence-corrected chi connectivity index (χ4v) is 2.65. The molecule has 1 aromatic rings. The first-order chi connectivity index (χ1) is 11.4. The average Bonchev–Trinajstić information content (AvgIpc) is 2.57. The summed E-state index contributed by atoms with van der Waals surface area (Å²) in [5.41, 5.74) is 0.641. The molecule has 136 valence electrons. The number of ether oxygens (including phenoxy) is 1. The van der Waals surface area contributed by atoms with Crippen LogP contribution in [0.5, 0.6) is 0 Å². The minimum Gasteiger partial charge on any atom is -0.444 e. The van der Waals surface area contributed by atoms with Crippen molar-refractivity contribution in [3.05, 3.63) is 35.9 Å². The highest BCUT2D eigenvalue weighted by Crippen LogP contribution is 2.22. The number of carbonyl (C=O) groups excluding carboxylic acids is 1. The largest absolute Gasteiger partial charge is 0.444 e. The summed E-state index contributed by atoms with van der Waals surface area (Å²) in [7, 11) is 0. The predicted molar refractivity (Wildman–Crippen MR) is 97.0 cm³/mol. The lowest BCUT2D eigenvalue weighted by Gasteiger charge is -2.39. The lowest BCUT2D eigenvalue weighted by Crippen LogP contribution is -2.51. The van der Waals surface area contributed by atoms with Crippen molar-refractivity contribution < 1.29 is 14.6 Å². The number of rotatable bonds is 3. The number of hydrogen-bond donors (Lipinski definition) is 1. The van der Waals surface area contributed by atoms with E-state index in [1.807, 2.05) is 65.0 Å². The van der Waals surface area contributed by atoms with Gasteiger partial charge in [-0.3, -0.25) is 4.90 Å². The number of aliphatic hydroxyl groups excluding tert-OH is 1. The molecule has 1 amide bonds. The Bertz CT molecular complexity index is 477. The summed E-state index contributed by atoms with van der Waals surface area (Å²) in [6.45, 7) is 12.4. The molecule has 0 bridgehead atoms. The molecule has 0 aromatic heterocycles. The molecule has 5 nitrogen and oxygen atoms in total. The summed E-state index contributed by atoms with van der Waals surface area (Å²) in [6.07, 6.45) is -0.257. The molecule has 1 aromatic carbocycles. The minimum absolute atomic E-state index is 0.0120. The van der Waals surface area contributed by atoms with Crippen LogP contribution >= 0.6 is 0 Å². The van der Waals surface area contributed by atoms with E-state index in [1.54, 1.807) is 4.90 Å². The number of hydrogen-bond acceptors (Lipinski definition) is 4. The molecule has 0 aliphatic carbocycles. The van der Waals surface area contributed by atoms with E-state index in [-0.39, 0.29) is 18.7 Å². The molecule has 0 unspecified atom stereocenters. The van der Waals surface area contributed by atoms with E-state index in [0.717, 1.165) is 18.7 Å². The highest BCUT2D eigenvalue weighted by molar-refractivity contribution is 5.68.